The molecule has 21 heavy (non-hydrogen) atoms. The monoisotopic (exact) mass is 296 g/mol. The smallest absolute Gasteiger partial charge is 0.305 e. The van der Waals surface area contributed by atoms with Crippen LogP contribution in [-0.2, 0) is 6.18 Å². The molecule has 1 aromatic heterocycles. The van der Waals surface area contributed by atoms with Crippen molar-refractivity contribution in [3.63, 3.8) is 0 Å². The van der Waals surface area contributed by atoms with Gasteiger partial charge in [0.1, 0.15) is 5.82 Å². The topological polar surface area (TPSA) is 37.8 Å². The highest BCUT2D eigenvalue weighted by Gasteiger charge is 2.31. The summed E-state index contributed by atoms with van der Waals surface area (Å²) in [5.41, 5.74) is -0.800. The van der Waals surface area contributed by atoms with Crippen LogP contribution in [0.4, 0.5) is 17.6 Å². The number of benzene rings is 2. The second kappa shape index (κ2) is 4.47. The molecule has 0 fully saturated rings. The molecule has 0 saturated carbocycles. The zero-order valence-electron chi connectivity index (χ0n) is 10.4. The number of nitrogens with one attached hydrogen (secondary N) is 1. The van der Waals surface area contributed by atoms with Gasteiger partial charge in [0.25, 0.3) is 0 Å². The van der Waals surface area contributed by atoms with Crippen LogP contribution in [-0.4, -0.2) is 9.55 Å². The largest absolute Gasteiger partial charge is 0.416 e. The van der Waals surface area contributed by atoms with Crippen molar-refractivity contribution in [1.82, 2.24) is 9.55 Å². The van der Waals surface area contributed by atoms with Crippen LogP contribution in [0.1, 0.15) is 5.56 Å². The van der Waals surface area contributed by atoms with Gasteiger partial charge in [0, 0.05) is 0 Å². The molecule has 3 aromatic rings. The molecule has 0 aliphatic rings. The van der Waals surface area contributed by atoms with E-state index in [1.165, 1.54) is 18.2 Å². The van der Waals surface area contributed by atoms with E-state index >= 15 is 0 Å². The van der Waals surface area contributed by atoms with Crippen molar-refractivity contribution in [1.29, 1.82) is 0 Å². The van der Waals surface area contributed by atoms with Crippen LogP contribution in [0.5, 0.6) is 0 Å². The predicted molar refractivity (Wildman–Crippen MR) is 68.9 cm³/mol. The molecule has 1 heterocycles. The summed E-state index contributed by atoms with van der Waals surface area (Å²) in [7, 11) is 0. The Hall–Kier alpha value is -2.57. The van der Waals surface area contributed by atoms with Crippen molar-refractivity contribution in [2.24, 2.45) is 0 Å². The van der Waals surface area contributed by atoms with E-state index < -0.39 is 23.2 Å². The van der Waals surface area contributed by atoms with E-state index in [1.807, 2.05) is 0 Å². The van der Waals surface area contributed by atoms with E-state index in [2.05, 4.69) is 4.98 Å². The molecular weight excluding hydrogens is 288 g/mol. The van der Waals surface area contributed by atoms with E-state index in [9.17, 15) is 22.4 Å². The molecular formula is C14H8F4N2O. The number of aromatic nitrogens is 2. The first-order chi connectivity index (χ1) is 9.86. The van der Waals surface area contributed by atoms with Crippen LogP contribution in [0, 0.1) is 5.82 Å². The number of hydrogen-bond acceptors (Lipinski definition) is 1. The van der Waals surface area contributed by atoms with Crippen LogP contribution < -0.4 is 5.69 Å². The summed E-state index contributed by atoms with van der Waals surface area (Å²) in [6.07, 6.45) is -4.50. The Bertz CT molecular complexity index is 859. The van der Waals surface area contributed by atoms with Crippen LogP contribution in [0.25, 0.3) is 16.7 Å². The number of aromatic amines is 1. The Labute approximate surface area is 115 Å². The Morgan fingerprint density at radius 1 is 1.00 bits per heavy atom. The van der Waals surface area contributed by atoms with Gasteiger partial charge in [-0.05, 0) is 42.5 Å². The highest BCUT2D eigenvalue weighted by Crippen LogP contribution is 2.31. The summed E-state index contributed by atoms with van der Waals surface area (Å²) >= 11 is 0. The first kappa shape index (κ1) is 13.4. The lowest BCUT2D eigenvalue weighted by atomic mass is 10.2. The van der Waals surface area contributed by atoms with Crippen molar-refractivity contribution >= 4 is 11.0 Å². The Morgan fingerprint density at radius 2 is 1.67 bits per heavy atom. The average molecular weight is 296 g/mol. The van der Waals surface area contributed by atoms with E-state index in [1.54, 1.807) is 0 Å². The molecule has 0 unspecified atom stereocenters. The van der Waals surface area contributed by atoms with Crippen LogP contribution in [0.15, 0.2) is 47.3 Å². The Balaban J connectivity index is 2.29. The van der Waals surface area contributed by atoms with Gasteiger partial charge >= 0.3 is 11.9 Å². The number of imidazole rings is 1. The van der Waals surface area contributed by atoms with Gasteiger partial charge in [-0.2, -0.15) is 13.2 Å². The zero-order chi connectivity index (χ0) is 15.2. The van der Waals surface area contributed by atoms with Crippen molar-refractivity contribution in [3.05, 3.63) is 64.3 Å². The second-order valence-corrected chi connectivity index (χ2v) is 4.47. The molecule has 2 aromatic carbocycles. The van der Waals surface area contributed by atoms with Gasteiger partial charge < -0.3 is 4.98 Å². The predicted octanol–water partition coefficient (Wildman–Crippen LogP) is 3.48. The number of H-pyrrole nitrogens is 1. The van der Waals surface area contributed by atoms with Crippen molar-refractivity contribution in [2.75, 3.05) is 0 Å². The summed E-state index contributed by atoms with van der Waals surface area (Å²) < 4.78 is 52.3. The number of halogens is 4. The number of fused-ring (bicyclic) bond motifs is 1. The van der Waals surface area contributed by atoms with Gasteiger partial charge in [-0.3, -0.25) is 4.57 Å². The molecule has 3 nitrogen and oxygen atoms in total. The molecule has 0 aliphatic heterocycles. The minimum absolute atomic E-state index is 0.0847. The zero-order valence-corrected chi connectivity index (χ0v) is 10.4. The van der Waals surface area contributed by atoms with Gasteiger partial charge in [0.15, 0.2) is 0 Å². The van der Waals surface area contributed by atoms with E-state index in [-0.39, 0.29) is 16.7 Å². The maximum atomic E-state index is 12.9. The number of nitrogens with zero attached hydrogens (tertiary/aromatic N) is 1. The summed E-state index contributed by atoms with van der Waals surface area (Å²) in [6, 6.07) is 7.89. The fraction of sp³-hybridized carbons (Fsp3) is 0.0714. The fourth-order valence-electron chi connectivity index (χ4n) is 2.13. The third kappa shape index (κ3) is 2.31. The lowest BCUT2D eigenvalue weighted by Crippen LogP contribution is -2.14. The summed E-state index contributed by atoms with van der Waals surface area (Å²) in [5, 5.41) is 0. The third-order valence-corrected chi connectivity index (χ3v) is 3.10. The molecule has 0 amide bonds. The Kier molecular flexibility index (Phi) is 2.86. The van der Waals surface area contributed by atoms with E-state index in [0.29, 0.717) is 0 Å². The molecule has 7 heteroatoms. The normalized spacial score (nSPS) is 12.0. The number of alkyl halides is 3. The lowest BCUT2D eigenvalue weighted by Gasteiger charge is -2.08. The van der Waals surface area contributed by atoms with Crippen LogP contribution in [0.2, 0.25) is 0 Å². The molecule has 0 atom stereocenters. The molecule has 0 spiro atoms. The lowest BCUT2D eigenvalue weighted by molar-refractivity contribution is -0.137. The van der Waals surface area contributed by atoms with Gasteiger partial charge in [-0.25, -0.2) is 9.18 Å². The SMILES string of the molecule is O=c1[nH]c2ccc(C(F)(F)F)cc2n1-c1ccc(F)cc1. The van der Waals surface area contributed by atoms with E-state index in [4.69, 9.17) is 0 Å². The van der Waals surface area contributed by atoms with Crippen LogP contribution in [0.3, 0.4) is 0 Å². The summed E-state index contributed by atoms with van der Waals surface area (Å²) in [4.78, 5) is 14.4. The van der Waals surface area contributed by atoms with Crippen molar-refractivity contribution in [3.8, 4) is 5.69 Å². The highest BCUT2D eigenvalue weighted by molar-refractivity contribution is 5.78. The maximum Gasteiger partial charge on any atom is 0.416 e. The van der Waals surface area contributed by atoms with Gasteiger partial charge in [0.2, 0.25) is 0 Å². The van der Waals surface area contributed by atoms with Gasteiger partial charge in [-0.1, -0.05) is 0 Å². The third-order valence-electron chi connectivity index (χ3n) is 3.10. The molecule has 1 N–H and O–H groups in total. The maximum absolute atomic E-state index is 12.9. The Morgan fingerprint density at radius 3 is 2.29 bits per heavy atom. The number of hydrogen-bond donors (Lipinski definition) is 1. The molecule has 3 rings (SSSR count). The first-order valence-electron chi connectivity index (χ1n) is 5.94. The number of rotatable bonds is 1. The molecule has 108 valence electrons. The highest BCUT2D eigenvalue weighted by atomic mass is 19.4. The molecule has 0 saturated heterocycles. The van der Waals surface area contributed by atoms with Gasteiger partial charge in [0.05, 0.1) is 22.3 Å². The fourth-order valence-corrected chi connectivity index (χ4v) is 2.13. The summed E-state index contributed by atoms with van der Waals surface area (Å²) in [6.45, 7) is 0. The van der Waals surface area contributed by atoms with Crippen molar-refractivity contribution in [2.45, 2.75) is 6.18 Å². The quantitative estimate of drug-likeness (QED) is 0.686. The standard InChI is InChI=1S/C14H8F4N2O/c15-9-2-4-10(5-3-9)20-12-7-8(14(16,17)18)1-6-11(12)19-13(20)21/h1-7H,(H,19,21). The van der Waals surface area contributed by atoms with E-state index in [0.717, 1.165) is 28.8 Å². The first-order valence-corrected chi connectivity index (χ1v) is 5.94. The average Bonchev–Trinajstić information content (AvgIpc) is 2.74. The van der Waals surface area contributed by atoms with Crippen LogP contribution >= 0.6 is 0 Å². The minimum atomic E-state index is -4.50. The summed E-state index contributed by atoms with van der Waals surface area (Å²) in [5.74, 6) is -0.498. The molecule has 0 radical (unpaired) electrons. The minimum Gasteiger partial charge on any atom is -0.305 e. The van der Waals surface area contributed by atoms with Crippen molar-refractivity contribution < 1.29 is 17.6 Å². The molecule has 0 aliphatic carbocycles. The van der Waals surface area contributed by atoms with Gasteiger partial charge in [-0.15, -0.1) is 0 Å². The molecule has 0 bridgehead atoms. The second-order valence-electron chi connectivity index (χ2n) is 4.47.